The van der Waals surface area contributed by atoms with Gasteiger partial charge >= 0.3 is 0 Å². The summed E-state index contributed by atoms with van der Waals surface area (Å²) in [6.07, 6.45) is 0. The van der Waals surface area contributed by atoms with Gasteiger partial charge in [0.2, 0.25) is 0 Å². The molecule has 0 N–H and O–H groups in total. The fourth-order valence-corrected chi connectivity index (χ4v) is 17.8. The lowest BCUT2D eigenvalue weighted by Gasteiger charge is -2.51. The van der Waals surface area contributed by atoms with E-state index >= 15 is 0 Å². The van der Waals surface area contributed by atoms with Gasteiger partial charge in [-0.15, -0.1) is 0 Å². The van der Waals surface area contributed by atoms with Crippen molar-refractivity contribution in [3.63, 3.8) is 0 Å². The van der Waals surface area contributed by atoms with Crippen LogP contribution in [0.2, 0.25) is 0 Å². The smallest absolute Gasteiger partial charge is 0.180 e. The molecule has 0 saturated heterocycles. The molecule has 0 atom stereocenters. The van der Waals surface area contributed by atoms with Crippen LogP contribution in [0.3, 0.4) is 0 Å². The molecule has 2 aliphatic rings. The Bertz CT molecular complexity index is 3790. The molecular weight excluding hydrogens is 887 g/mol. The van der Waals surface area contributed by atoms with E-state index in [2.05, 4.69) is 290 Å². The Kier molecular flexibility index (Phi) is 9.80. The van der Waals surface area contributed by atoms with Crippen LogP contribution in [0, 0.1) is 0 Å². The van der Waals surface area contributed by atoms with Gasteiger partial charge in [-0.2, -0.15) is 0 Å². The van der Waals surface area contributed by atoms with E-state index in [4.69, 9.17) is 4.74 Å². The van der Waals surface area contributed by atoms with Crippen LogP contribution in [0.1, 0.15) is 22.3 Å². The first-order valence-corrected chi connectivity index (χ1v) is 26.9. The van der Waals surface area contributed by atoms with Crippen molar-refractivity contribution in [2.24, 2.45) is 0 Å². The maximum absolute atomic E-state index is 7.46. The van der Waals surface area contributed by atoms with Crippen LogP contribution in [0.25, 0.3) is 43.8 Å². The van der Waals surface area contributed by atoms with Crippen molar-refractivity contribution in [2.45, 2.75) is 5.41 Å². The van der Waals surface area contributed by atoms with Crippen molar-refractivity contribution in [1.29, 1.82) is 0 Å². The van der Waals surface area contributed by atoms with Gasteiger partial charge in [0.1, 0.15) is 5.75 Å². The lowest BCUT2D eigenvalue weighted by Crippen LogP contribution is -2.79. The summed E-state index contributed by atoms with van der Waals surface area (Å²) in [6.45, 7) is 0. The minimum atomic E-state index is -2.92. The standard InChI is InChI=1S/C69H47NOSi/c1-3-24-54(25-4-1)72(55-26-5-2-6-27-55)66-38-15-12-33-61(66)69(62-34-13-16-39-67(62)72)60-32-11-14-37-65(60)71-68-63(69)35-19-36-64(68)70(52-44-40-50(41-45-52)58-30-17-22-48-20-7-9-28-56(48)58)53-46-42-51(43-47-53)59-31-18-23-49-21-8-10-29-57(49)59/h1-47H. The van der Waals surface area contributed by atoms with E-state index in [1.807, 2.05) is 0 Å². The number of para-hydroxylation sites is 2. The average molecular weight is 934 g/mol. The highest BCUT2D eigenvalue weighted by Gasteiger charge is 2.57. The molecule has 0 unspecified atom stereocenters. The van der Waals surface area contributed by atoms with Crippen molar-refractivity contribution in [3.8, 4) is 33.8 Å². The van der Waals surface area contributed by atoms with Crippen molar-refractivity contribution in [1.82, 2.24) is 0 Å². The topological polar surface area (TPSA) is 12.5 Å². The maximum Gasteiger partial charge on any atom is 0.180 e. The van der Waals surface area contributed by atoms with Crippen LogP contribution in [0.4, 0.5) is 17.1 Å². The summed E-state index contributed by atoms with van der Waals surface area (Å²) in [5, 5.41) is 10.4. The van der Waals surface area contributed by atoms with Gasteiger partial charge in [-0.1, -0.05) is 249 Å². The van der Waals surface area contributed by atoms with Gasteiger partial charge in [0, 0.05) is 22.5 Å². The summed E-state index contributed by atoms with van der Waals surface area (Å²) in [5.41, 5.74) is 11.9. The molecule has 12 aromatic rings. The van der Waals surface area contributed by atoms with E-state index in [1.54, 1.807) is 0 Å². The molecule has 1 spiro atoms. The molecule has 0 amide bonds. The normalized spacial score (nSPS) is 13.6. The zero-order valence-corrected chi connectivity index (χ0v) is 40.5. The number of nitrogens with zero attached hydrogens (tertiary/aromatic N) is 1. The fourth-order valence-electron chi connectivity index (χ4n) is 12.5. The van der Waals surface area contributed by atoms with Gasteiger partial charge in [0.05, 0.1) is 11.1 Å². The highest BCUT2D eigenvalue weighted by atomic mass is 28.3. The maximum atomic E-state index is 7.46. The number of rotatable bonds is 7. The number of benzene rings is 12. The molecule has 0 aliphatic carbocycles. The van der Waals surface area contributed by atoms with Gasteiger partial charge in [-0.3, -0.25) is 0 Å². The quantitative estimate of drug-likeness (QED) is 0.148. The monoisotopic (exact) mass is 933 g/mol. The summed E-state index contributed by atoms with van der Waals surface area (Å²) in [7, 11) is -2.92. The Labute approximate surface area is 421 Å². The van der Waals surface area contributed by atoms with Gasteiger partial charge < -0.3 is 9.64 Å². The molecule has 0 fully saturated rings. The van der Waals surface area contributed by atoms with Gasteiger partial charge in [0.25, 0.3) is 0 Å². The highest BCUT2D eigenvalue weighted by molar-refractivity contribution is 7.20. The SMILES string of the molecule is c1ccc([Si]2(c3ccccc3)c3ccccc3C3(c4ccccc4Oc4c(N(c5ccc(-c6cccc7ccccc67)cc5)c5ccc(-c6cccc7ccccc67)cc5)cccc43)c3ccccc32)cc1. The second-order valence-corrected chi connectivity index (χ2v) is 22.8. The minimum absolute atomic E-state index is 0.727. The predicted octanol–water partition coefficient (Wildman–Crippen LogP) is 15.0. The van der Waals surface area contributed by atoms with E-state index in [-0.39, 0.29) is 0 Å². The molecule has 3 heteroatoms. The highest BCUT2D eigenvalue weighted by Crippen LogP contribution is 2.59. The average Bonchev–Trinajstić information content (AvgIpc) is 3.47. The largest absolute Gasteiger partial charge is 0.454 e. The molecule has 0 saturated carbocycles. The van der Waals surface area contributed by atoms with Crippen LogP contribution in [-0.4, -0.2) is 8.07 Å². The number of anilines is 3. The third-order valence-corrected chi connectivity index (χ3v) is 20.4. The number of fused-ring (bicyclic) bond motifs is 10. The Hall–Kier alpha value is -9.02. The molecule has 2 nitrogen and oxygen atoms in total. The van der Waals surface area contributed by atoms with Crippen molar-refractivity contribution >= 4 is 67.4 Å². The summed E-state index contributed by atoms with van der Waals surface area (Å²) in [5.74, 6) is 1.69. The molecule has 12 aromatic carbocycles. The van der Waals surface area contributed by atoms with Crippen LogP contribution >= 0.6 is 0 Å². The summed E-state index contributed by atoms with van der Waals surface area (Å²) < 4.78 is 7.46. The lowest BCUT2D eigenvalue weighted by molar-refractivity contribution is 0.436. The molecule has 0 aromatic heterocycles. The van der Waals surface area contributed by atoms with E-state index in [1.165, 1.54) is 75.7 Å². The van der Waals surface area contributed by atoms with E-state index in [9.17, 15) is 0 Å². The van der Waals surface area contributed by atoms with Crippen LogP contribution in [-0.2, 0) is 5.41 Å². The molecule has 2 aliphatic heterocycles. The van der Waals surface area contributed by atoms with E-state index < -0.39 is 13.5 Å². The van der Waals surface area contributed by atoms with E-state index in [0.717, 1.165) is 39.7 Å². The fraction of sp³-hybridized carbons (Fsp3) is 0.0145. The van der Waals surface area contributed by atoms with Gasteiger partial charge in [-0.05, 0) is 112 Å². The Morgan fingerprint density at radius 3 is 1.28 bits per heavy atom. The first-order valence-electron chi connectivity index (χ1n) is 24.9. The Balaban J connectivity index is 1.02. The molecule has 0 bridgehead atoms. The summed E-state index contributed by atoms with van der Waals surface area (Å²) in [6, 6.07) is 105. The molecule has 14 rings (SSSR count). The number of ether oxygens (including phenoxy) is 1. The van der Waals surface area contributed by atoms with Crippen molar-refractivity contribution < 1.29 is 4.74 Å². The predicted molar refractivity (Wildman–Crippen MR) is 303 cm³/mol. The third-order valence-electron chi connectivity index (χ3n) is 15.5. The summed E-state index contributed by atoms with van der Waals surface area (Å²) in [4.78, 5) is 2.40. The first-order chi connectivity index (χ1) is 35.7. The third kappa shape index (κ3) is 6.21. The van der Waals surface area contributed by atoms with Gasteiger partial charge in [-0.25, -0.2) is 0 Å². The molecule has 0 radical (unpaired) electrons. The van der Waals surface area contributed by atoms with E-state index in [0.29, 0.717) is 0 Å². The van der Waals surface area contributed by atoms with Crippen molar-refractivity contribution in [3.05, 3.63) is 307 Å². The minimum Gasteiger partial charge on any atom is -0.454 e. The van der Waals surface area contributed by atoms with Crippen LogP contribution in [0.15, 0.2) is 285 Å². The summed E-state index contributed by atoms with van der Waals surface area (Å²) >= 11 is 0. The molecule has 2 heterocycles. The number of hydrogen-bond acceptors (Lipinski definition) is 2. The van der Waals surface area contributed by atoms with Gasteiger partial charge in [0.15, 0.2) is 13.8 Å². The zero-order chi connectivity index (χ0) is 47.6. The second-order valence-electron chi connectivity index (χ2n) is 19.1. The second kappa shape index (κ2) is 16.8. The molecule has 338 valence electrons. The first kappa shape index (κ1) is 41.9. The zero-order valence-electron chi connectivity index (χ0n) is 39.5. The number of hydrogen-bond donors (Lipinski definition) is 0. The molecule has 72 heavy (non-hydrogen) atoms. The Morgan fingerprint density at radius 1 is 0.319 bits per heavy atom. The van der Waals surface area contributed by atoms with Crippen LogP contribution in [0.5, 0.6) is 11.5 Å². The molecular formula is C69H47NOSi. The van der Waals surface area contributed by atoms with Crippen LogP contribution < -0.4 is 30.4 Å². The Morgan fingerprint density at radius 2 is 0.736 bits per heavy atom. The lowest BCUT2D eigenvalue weighted by atomic mass is 9.63. The van der Waals surface area contributed by atoms with Crippen molar-refractivity contribution in [2.75, 3.05) is 4.90 Å².